The van der Waals surface area contributed by atoms with Crippen LogP contribution in [0.15, 0.2) is 54.9 Å². The van der Waals surface area contributed by atoms with Crippen molar-refractivity contribution in [1.29, 1.82) is 0 Å². The van der Waals surface area contributed by atoms with Crippen LogP contribution in [0, 0.1) is 12.8 Å². The number of carbonyl (C=O) groups is 1. The summed E-state index contributed by atoms with van der Waals surface area (Å²) < 4.78 is 2.13. The van der Waals surface area contributed by atoms with Gasteiger partial charge < -0.3 is 14.6 Å². The van der Waals surface area contributed by atoms with Gasteiger partial charge in [0.25, 0.3) is 0 Å². The number of nitrogens with zero attached hydrogens (tertiary/aromatic N) is 4. The van der Waals surface area contributed by atoms with E-state index in [0.717, 1.165) is 59.7 Å². The van der Waals surface area contributed by atoms with Crippen molar-refractivity contribution in [2.24, 2.45) is 5.92 Å². The van der Waals surface area contributed by atoms with Gasteiger partial charge >= 0.3 is 0 Å². The maximum Gasteiger partial charge on any atom is 0.227 e. The summed E-state index contributed by atoms with van der Waals surface area (Å²) in [5, 5.41) is 3.74. The molecular weight excluding hydrogens is 398 g/mol. The number of anilines is 2. The Kier molecular flexibility index (Phi) is 4.79. The third kappa shape index (κ3) is 3.37. The SMILES string of the molecule is Cc1cc(Cl)ccc1NC(=O)C1CCN(c2nc3ncccc3n3cccc23)CC1. The second-order valence-electron chi connectivity index (χ2n) is 7.75. The van der Waals surface area contributed by atoms with Crippen molar-refractivity contribution in [2.75, 3.05) is 23.3 Å². The van der Waals surface area contributed by atoms with Gasteiger partial charge in [0.15, 0.2) is 11.5 Å². The first-order valence-corrected chi connectivity index (χ1v) is 10.5. The molecule has 152 valence electrons. The molecule has 1 aliphatic rings. The zero-order valence-corrected chi connectivity index (χ0v) is 17.4. The van der Waals surface area contributed by atoms with Crippen molar-refractivity contribution in [3.8, 4) is 0 Å². The van der Waals surface area contributed by atoms with Gasteiger partial charge in [0.05, 0.1) is 11.0 Å². The summed E-state index contributed by atoms with van der Waals surface area (Å²) in [4.78, 5) is 24.3. The smallest absolute Gasteiger partial charge is 0.227 e. The summed E-state index contributed by atoms with van der Waals surface area (Å²) in [6.07, 6.45) is 5.38. The molecule has 0 atom stereocenters. The van der Waals surface area contributed by atoms with Crippen LogP contribution in [0.3, 0.4) is 0 Å². The van der Waals surface area contributed by atoms with Crippen molar-refractivity contribution in [1.82, 2.24) is 14.4 Å². The molecule has 7 heteroatoms. The quantitative estimate of drug-likeness (QED) is 0.522. The molecule has 0 spiro atoms. The molecule has 0 radical (unpaired) electrons. The number of fused-ring (bicyclic) bond motifs is 3. The molecule has 1 fully saturated rings. The van der Waals surface area contributed by atoms with E-state index in [4.69, 9.17) is 16.6 Å². The fourth-order valence-electron chi connectivity index (χ4n) is 4.18. The first kappa shape index (κ1) is 18.9. The number of rotatable bonds is 3. The Hall–Kier alpha value is -3.12. The topological polar surface area (TPSA) is 62.5 Å². The minimum atomic E-state index is -0.0160. The van der Waals surface area contributed by atoms with Crippen molar-refractivity contribution in [2.45, 2.75) is 19.8 Å². The Morgan fingerprint density at radius 2 is 1.93 bits per heavy atom. The summed E-state index contributed by atoms with van der Waals surface area (Å²) in [6.45, 7) is 3.51. The van der Waals surface area contributed by atoms with E-state index in [9.17, 15) is 4.79 Å². The van der Waals surface area contributed by atoms with E-state index in [2.05, 4.69) is 25.7 Å². The Labute approximate surface area is 179 Å². The molecule has 1 N–H and O–H groups in total. The first-order valence-electron chi connectivity index (χ1n) is 10.1. The van der Waals surface area contributed by atoms with E-state index in [-0.39, 0.29) is 11.8 Å². The number of benzene rings is 1. The molecule has 1 aliphatic heterocycles. The first-order chi connectivity index (χ1) is 14.6. The minimum absolute atomic E-state index is 0.0160. The van der Waals surface area contributed by atoms with Crippen LogP contribution in [0.2, 0.25) is 5.02 Å². The zero-order valence-electron chi connectivity index (χ0n) is 16.7. The summed E-state index contributed by atoms with van der Waals surface area (Å²) in [6, 6.07) is 13.6. The van der Waals surface area contributed by atoms with E-state index >= 15 is 0 Å². The van der Waals surface area contributed by atoms with E-state index in [1.807, 2.05) is 43.5 Å². The lowest BCUT2D eigenvalue weighted by Gasteiger charge is -2.32. The highest BCUT2D eigenvalue weighted by molar-refractivity contribution is 6.30. The standard InChI is InChI=1S/C23H22ClN5O/c1-15-14-17(24)6-7-18(15)26-23(30)16-8-12-28(13-9-16)22-20-5-3-11-29(20)19-4-2-10-25-21(19)27-22/h2-7,10-11,14,16H,8-9,12-13H2,1H3,(H,26,30). The van der Waals surface area contributed by atoms with Gasteiger partial charge in [0.1, 0.15) is 0 Å². The Balaban J connectivity index is 1.33. The number of halogens is 1. The van der Waals surface area contributed by atoms with Crippen LogP contribution in [0.5, 0.6) is 0 Å². The molecule has 3 aromatic heterocycles. The fraction of sp³-hybridized carbons (Fsp3) is 0.261. The number of carbonyl (C=O) groups excluding carboxylic acids is 1. The van der Waals surface area contributed by atoms with Gasteiger partial charge in [-0.3, -0.25) is 4.79 Å². The van der Waals surface area contributed by atoms with Crippen molar-refractivity contribution in [3.05, 3.63) is 65.4 Å². The van der Waals surface area contributed by atoms with Crippen molar-refractivity contribution < 1.29 is 4.79 Å². The molecule has 1 saturated heterocycles. The predicted octanol–water partition coefficient (Wildman–Crippen LogP) is 4.70. The molecule has 0 aliphatic carbocycles. The third-order valence-electron chi connectivity index (χ3n) is 5.83. The number of pyridine rings is 1. The van der Waals surface area contributed by atoms with Crippen LogP contribution in [0.1, 0.15) is 18.4 Å². The number of nitrogens with one attached hydrogen (secondary N) is 1. The van der Waals surface area contributed by atoms with Gasteiger partial charge in [-0.2, -0.15) is 0 Å². The highest BCUT2D eigenvalue weighted by Gasteiger charge is 2.27. The molecule has 30 heavy (non-hydrogen) atoms. The number of hydrogen-bond acceptors (Lipinski definition) is 4. The Morgan fingerprint density at radius 1 is 1.13 bits per heavy atom. The lowest BCUT2D eigenvalue weighted by molar-refractivity contribution is -0.120. The third-order valence-corrected chi connectivity index (χ3v) is 6.06. The number of aryl methyl sites for hydroxylation is 1. The second kappa shape index (κ2) is 7.61. The number of hydrogen-bond donors (Lipinski definition) is 1. The van der Waals surface area contributed by atoms with Gasteiger partial charge in [0.2, 0.25) is 5.91 Å². The normalized spacial score (nSPS) is 15.1. The van der Waals surface area contributed by atoms with E-state index in [0.29, 0.717) is 5.02 Å². The number of aromatic nitrogens is 3. The van der Waals surface area contributed by atoms with Gasteiger partial charge in [-0.15, -0.1) is 0 Å². The van der Waals surface area contributed by atoms with Crippen molar-refractivity contribution in [3.63, 3.8) is 0 Å². The minimum Gasteiger partial charge on any atom is -0.355 e. The van der Waals surface area contributed by atoms with Crippen LogP contribution in [-0.4, -0.2) is 33.4 Å². The van der Waals surface area contributed by atoms with Crippen LogP contribution >= 0.6 is 11.6 Å². The number of amides is 1. The summed E-state index contributed by atoms with van der Waals surface area (Å²) >= 11 is 6.02. The molecule has 0 unspecified atom stereocenters. The van der Waals surface area contributed by atoms with Gasteiger partial charge in [0, 0.05) is 42.1 Å². The molecule has 0 bridgehead atoms. The van der Waals surface area contributed by atoms with Crippen LogP contribution in [0.4, 0.5) is 11.5 Å². The average Bonchev–Trinajstić information content (AvgIpc) is 3.25. The summed E-state index contributed by atoms with van der Waals surface area (Å²) in [5.74, 6) is 0.984. The second-order valence-corrected chi connectivity index (χ2v) is 8.19. The molecule has 1 amide bonds. The van der Waals surface area contributed by atoms with Gasteiger partial charge in [-0.05, 0) is 67.8 Å². The fourth-order valence-corrected chi connectivity index (χ4v) is 4.41. The number of piperidine rings is 1. The maximum atomic E-state index is 12.8. The molecule has 1 aromatic carbocycles. The van der Waals surface area contributed by atoms with E-state index < -0.39 is 0 Å². The molecule has 4 heterocycles. The van der Waals surface area contributed by atoms with E-state index in [1.165, 1.54) is 0 Å². The lowest BCUT2D eigenvalue weighted by Crippen LogP contribution is -2.38. The Morgan fingerprint density at radius 3 is 2.73 bits per heavy atom. The summed E-state index contributed by atoms with van der Waals surface area (Å²) in [5.41, 5.74) is 4.58. The molecule has 6 nitrogen and oxygen atoms in total. The highest BCUT2D eigenvalue weighted by Crippen LogP contribution is 2.29. The maximum absolute atomic E-state index is 12.8. The lowest BCUT2D eigenvalue weighted by atomic mass is 9.95. The van der Waals surface area contributed by atoms with Gasteiger partial charge in [-0.25, -0.2) is 9.97 Å². The van der Waals surface area contributed by atoms with Gasteiger partial charge in [-0.1, -0.05) is 11.6 Å². The van der Waals surface area contributed by atoms with E-state index in [1.54, 1.807) is 12.3 Å². The Bertz CT molecular complexity index is 1240. The monoisotopic (exact) mass is 419 g/mol. The molecular formula is C23H22ClN5O. The van der Waals surface area contributed by atoms with Crippen LogP contribution < -0.4 is 10.2 Å². The molecule has 4 aromatic rings. The predicted molar refractivity (Wildman–Crippen MR) is 120 cm³/mol. The average molecular weight is 420 g/mol. The molecule has 0 saturated carbocycles. The summed E-state index contributed by atoms with van der Waals surface area (Å²) in [7, 11) is 0. The zero-order chi connectivity index (χ0) is 20.7. The largest absolute Gasteiger partial charge is 0.355 e. The van der Waals surface area contributed by atoms with Crippen molar-refractivity contribution >= 4 is 45.7 Å². The van der Waals surface area contributed by atoms with Crippen LogP contribution in [0.25, 0.3) is 16.7 Å². The molecule has 5 rings (SSSR count). The highest BCUT2D eigenvalue weighted by atomic mass is 35.5. The van der Waals surface area contributed by atoms with Crippen LogP contribution in [-0.2, 0) is 4.79 Å².